The summed E-state index contributed by atoms with van der Waals surface area (Å²) in [5.41, 5.74) is 7.40. The number of aryl methyl sites for hydroxylation is 2. The highest BCUT2D eigenvalue weighted by Gasteiger charge is 2.09. The molecule has 0 spiro atoms. The third-order valence-electron chi connectivity index (χ3n) is 3.79. The van der Waals surface area contributed by atoms with Crippen molar-refractivity contribution >= 4 is 0 Å². The standard InChI is InChI=1S/C16H23N3/c1-6-17-10-15-7-8-16(9-11(15)2)19-14(5)12(3)13(4)18-19/h7-9,17H,6,10H2,1-5H3. The maximum absolute atomic E-state index is 4.61. The van der Waals surface area contributed by atoms with Crippen molar-refractivity contribution in [1.29, 1.82) is 0 Å². The second-order valence-electron chi connectivity index (χ2n) is 5.10. The second-order valence-corrected chi connectivity index (χ2v) is 5.10. The fourth-order valence-electron chi connectivity index (χ4n) is 2.24. The normalized spacial score (nSPS) is 11.0. The van der Waals surface area contributed by atoms with Gasteiger partial charge in [-0.2, -0.15) is 5.10 Å². The van der Waals surface area contributed by atoms with Gasteiger partial charge in [-0.1, -0.05) is 13.0 Å². The second kappa shape index (κ2) is 5.57. The molecule has 102 valence electrons. The molecule has 3 heteroatoms. The molecule has 0 aliphatic heterocycles. The zero-order valence-electron chi connectivity index (χ0n) is 12.5. The van der Waals surface area contributed by atoms with Gasteiger partial charge in [0.15, 0.2) is 0 Å². The highest BCUT2D eigenvalue weighted by molar-refractivity contribution is 5.42. The van der Waals surface area contributed by atoms with E-state index in [0.717, 1.165) is 24.5 Å². The molecule has 0 atom stereocenters. The first-order valence-corrected chi connectivity index (χ1v) is 6.88. The number of benzene rings is 1. The van der Waals surface area contributed by atoms with Crippen LogP contribution in [0.25, 0.3) is 5.69 Å². The Bertz CT molecular complexity index is 582. The maximum atomic E-state index is 4.61. The van der Waals surface area contributed by atoms with Crippen LogP contribution in [0.2, 0.25) is 0 Å². The third-order valence-corrected chi connectivity index (χ3v) is 3.79. The monoisotopic (exact) mass is 257 g/mol. The quantitative estimate of drug-likeness (QED) is 0.911. The number of rotatable bonds is 4. The molecular weight excluding hydrogens is 234 g/mol. The van der Waals surface area contributed by atoms with E-state index < -0.39 is 0 Å². The van der Waals surface area contributed by atoms with Gasteiger partial charge in [-0.05, 0) is 63.1 Å². The predicted molar refractivity (Wildman–Crippen MR) is 79.9 cm³/mol. The molecule has 0 unspecified atom stereocenters. The van der Waals surface area contributed by atoms with Crippen LogP contribution in [0.15, 0.2) is 18.2 Å². The van der Waals surface area contributed by atoms with Gasteiger partial charge in [0.2, 0.25) is 0 Å². The summed E-state index contributed by atoms with van der Waals surface area (Å²) in [6.07, 6.45) is 0. The summed E-state index contributed by atoms with van der Waals surface area (Å²) in [6.45, 7) is 12.5. The summed E-state index contributed by atoms with van der Waals surface area (Å²) in [4.78, 5) is 0. The van der Waals surface area contributed by atoms with Crippen molar-refractivity contribution in [3.63, 3.8) is 0 Å². The van der Waals surface area contributed by atoms with Crippen molar-refractivity contribution < 1.29 is 0 Å². The van der Waals surface area contributed by atoms with Gasteiger partial charge in [0.05, 0.1) is 11.4 Å². The van der Waals surface area contributed by atoms with Crippen LogP contribution in [0.5, 0.6) is 0 Å². The lowest BCUT2D eigenvalue weighted by Gasteiger charge is -2.10. The first kappa shape index (κ1) is 13.8. The molecule has 19 heavy (non-hydrogen) atoms. The number of nitrogens with zero attached hydrogens (tertiary/aromatic N) is 2. The molecule has 0 bridgehead atoms. The van der Waals surface area contributed by atoms with E-state index in [-0.39, 0.29) is 0 Å². The lowest BCUT2D eigenvalue weighted by atomic mass is 10.1. The molecule has 2 rings (SSSR count). The Balaban J connectivity index is 2.36. The Labute approximate surface area is 115 Å². The van der Waals surface area contributed by atoms with Crippen LogP contribution < -0.4 is 5.32 Å². The third kappa shape index (κ3) is 2.71. The minimum Gasteiger partial charge on any atom is -0.313 e. The Kier molecular flexibility index (Phi) is 4.05. The van der Waals surface area contributed by atoms with Gasteiger partial charge in [0, 0.05) is 12.2 Å². The minimum atomic E-state index is 0.929. The Morgan fingerprint density at radius 2 is 1.89 bits per heavy atom. The van der Waals surface area contributed by atoms with Crippen molar-refractivity contribution in [1.82, 2.24) is 15.1 Å². The van der Waals surface area contributed by atoms with Crippen LogP contribution in [0, 0.1) is 27.7 Å². The fraction of sp³-hybridized carbons (Fsp3) is 0.438. The summed E-state index contributed by atoms with van der Waals surface area (Å²) >= 11 is 0. The van der Waals surface area contributed by atoms with E-state index in [1.807, 2.05) is 4.68 Å². The average Bonchev–Trinajstić information content (AvgIpc) is 2.65. The van der Waals surface area contributed by atoms with Gasteiger partial charge in [0.25, 0.3) is 0 Å². The van der Waals surface area contributed by atoms with Crippen molar-refractivity contribution in [2.45, 2.75) is 41.2 Å². The van der Waals surface area contributed by atoms with Gasteiger partial charge in [-0.25, -0.2) is 4.68 Å². The molecule has 0 saturated heterocycles. The molecular formula is C16H23N3. The zero-order chi connectivity index (χ0) is 14.0. The van der Waals surface area contributed by atoms with E-state index in [2.05, 4.69) is 63.2 Å². The topological polar surface area (TPSA) is 29.9 Å². The van der Waals surface area contributed by atoms with E-state index in [1.54, 1.807) is 0 Å². The molecule has 3 nitrogen and oxygen atoms in total. The first-order valence-electron chi connectivity index (χ1n) is 6.88. The smallest absolute Gasteiger partial charge is 0.0651 e. The molecule has 2 aromatic rings. The van der Waals surface area contributed by atoms with Gasteiger partial charge in [-0.15, -0.1) is 0 Å². The van der Waals surface area contributed by atoms with Gasteiger partial charge < -0.3 is 5.32 Å². The highest BCUT2D eigenvalue weighted by Crippen LogP contribution is 2.19. The SMILES string of the molecule is CCNCc1ccc(-n2nc(C)c(C)c2C)cc1C. The molecule has 1 aromatic heterocycles. The van der Waals surface area contributed by atoms with Crippen molar-refractivity contribution in [3.8, 4) is 5.69 Å². The Hall–Kier alpha value is -1.61. The number of hydrogen-bond donors (Lipinski definition) is 1. The average molecular weight is 257 g/mol. The van der Waals surface area contributed by atoms with Crippen LogP contribution >= 0.6 is 0 Å². The first-order chi connectivity index (χ1) is 9.04. The van der Waals surface area contributed by atoms with E-state index in [9.17, 15) is 0 Å². The molecule has 0 saturated carbocycles. The summed E-state index contributed by atoms with van der Waals surface area (Å²) in [5.74, 6) is 0. The number of aromatic nitrogens is 2. The maximum Gasteiger partial charge on any atom is 0.0651 e. The lowest BCUT2D eigenvalue weighted by molar-refractivity contribution is 0.722. The summed E-state index contributed by atoms with van der Waals surface area (Å²) in [7, 11) is 0. The van der Waals surface area contributed by atoms with Crippen molar-refractivity contribution in [3.05, 3.63) is 46.3 Å². The van der Waals surface area contributed by atoms with Gasteiger partial charge >= 0.3 is 0 Å². The van der Waals surface area contributed by atoms with Gasteiger partial charge in [0.1, 0.15) is 0 Å². The largest absolute Gasteiger partial charge is 0.313 e. The van der Waals surface area contributed by atoms with E-state index >= 15 is 0 Å². The molecule has 0 fully saturated rings. The molecule has 0 aliphatic rings. The van der Waals surface area contributed by atoms with Crippen LogP contribution in [0.4, 0.5) is 0 Å². The van der Waals surface area contributed by atoms with Crippen LogP contribution in [0.1, 0.15) is 35.0 Å². The predicted octanol–water partition coefficient (Wildman–Crippen LogP) is 3.22. The summed E-state index contributed by atoms with van der Waals surface area (Å²) < 4.78 is 2.04. The molecule has 0 radical (unpaired) electrons. The van der Waals surface area contributed by atoms with Gasteiger partial charge in [-0.3, -0.25) is 0 Å². The summed E-state index contributed by atoms with van der Waals surface area (Å²) in [5, 5.41) is 7.98. The van der Waals surface area contributed by atoms with Crippen LogP contribution in [-0.2, 0) is 6.54 Å². The number of hydrogen-bond acceptors (Lipinski definition) is 2. The fourth-order valence-corrected chi connectivity index (χ4v) is 2.24. The molecule has 1 heterocycles. The van der Waals surface area contributed by atoms with E-state index in [0.29, 0.717) is 0 Å². The van der Waals surface area contributed by atoms with E-state index in [4.69, 9.17) is 0 Å². The van der Waals surface area contributed by atoms with Crippen LogP contribution in [-0.4, -0.2) is 16.3 Å². The Morgan fingerprint density at radius 3 is 2.42 bits per heavy atom. The highest BCUT2D eigenvalue weighted by atomic mass is 15.3. The molecule has 0 amide bonds. The zero-order valence-corrected chi connectivity index (χ0v) is 12.5. The number of nitrogens with one attached hydrogen (secondary N) is 1. The van der Waals surface area contributed by atoms with E-state index in [1.165, 1.54) is 22.4 Å². The molecule has 0 aliphatic carbocycles. The minimum absolute atomic E-state index is 0.929. The van der Waals surface area contributed by atoms with Crippen LogP contribution in [0.3, 0.4) is 0 Å². The van der Waals surface area contributed by atoms with Crippen molar-refractivity contribution in [2.75, 3.05) is 6.54 Å². The summed E-state index contributed by atoms with van der Waals surface area (Å²) in [6, 6.07) is 6.56. The van der Waals surface area contributed by atoms with Crippen molar-refractivity contribution in [2.24, 2.45) is 0 Å². The molecule has 1 aromatic carbocycles. The Morgan fingerprint density at radius 1 is 1.16 bits per heavy atom. The molecule has 1 N–H and O–H groups in total. The lowest BCUT2D eigenvalue weighted by Crippen LogP contribution is -2.13.